The number of piperidine rings is 1. The lowest BCUT2D eigenvalue weighted by atomic mass is 9.94. The molecule has 0 aliphatic carbocycles. The van der Waals surface area contributed by atoms with E-state index in [1.54, 1.807) is 17.0 Å². The Kier molecular flexibility index (Phi) is 6.69. The Morgan fingerprint density at radius 2 is 1.72 bits per heavy atom. The molecule has 1 aromatic carbocycles. The number of carbonyl (C=O) groups is 3. The average Bonchev–Trinajstić information content (AvgIpc) is 3.27. The first kappa shape index (κ1) is 20.6. The third-order valence-electron chi connectivity index (χ3n) is 5.18. The number of carbonyl (C=O) groups excluding carboxylic acids is 3. The number of likely N-dealkylation sites (tertiary alicyclic amines) is 1. The minimum Gasteiger partial charge on any atom is -0.459 e. The second-order valence-corrected chi connectivity index (χ2v) is 7.63. The topological polar surface area (TPSA) is 91.7 Å². The largest absolute Gasteiger partial charge is 0.459 e. The minimum absolute atomic E-state index is 0.0187. The van der Waals surface area contributed by atoms with Crippen molar-refractivity contribution in [1.82, 2.24) is 10.2 Å². The van der Waals surface area contributed by atoms with Crippen molar-refractivity contribution in [3.8, 4) is 0 Å². The summed E-state index contributed by atoms with van der Waals surface area (Å²) >= 11 is 0. The fourth-order valence-electron chi connectivity index (χ4n) is 3.46. The summed E-state index contributed by atoms with van der Waals surface area (Å²) in [6.45, 7) is 4.77. The lowest BCUT2D eigenvalue weighted by Crippen LogP contribution is -2.53. The van der Waals surface area contributed by atoms with Gasteiger partial charge in [0.15, 0.2) is 5.76 Å². The number of hydrogen-bond acceptors (Lipinski definition) is 4. The summed E-state index contributed by atoms with van der Waals surface area (Å²) in [5.74, 6) is -0.564. The number of furan rings is 1. The van der Waals surface area contributed by atoms with Crippen LogP contribution in [0.15, 0.2) is 53.1 Å². The fraction of sp³-hybridized carbons (Fsp3) is 0.409. The predicted octanol–water partition coefficient (Wildman–Crippen LogP) is 2.91. The number of nitrogens with one attached hydrogen (secondary N) is 2. The highest BCUT2D eigenvalue weighted by Gasteiger charge is 2.33. The quantitative estimate of drug-likeness (QED) is 0.784. The predicted molar refractivity (Wildman–Crippen MR) is 109 cm³/mol. The molecule has 7 heteroatoms. The Morgan fingerprint density at radius 3 is 2.31 bits per heavy atom. The van der Waals surface area contributed by atoms with Gasteiger partial charge in [-0.1, -0.05) is 32.0 Å². The zero-order valence-corrected chi connectivity index (χ0v) is 16.8. The van der Waals surface area contributed by atoms with Gasteiger partial charge in [-0.15, -0.1) is 0 Å². The Morgan fingerprint density at radius 1 is 1.03 bits per heavy atom. The molecule has 1 saturated heterocycles. The zero-order valence-electron chi connectivity index (χ0n) is 16.8. The standard InChI is InChI=1S/C22H27N3O4/c1-15(2)19(24-21(27)18-9-6-14-29-18)22(28)25-12-10-16(11-13-25)20(26)23-17-7-4-3-5-8-17/h3-9,14-16,19H,10-13H2,1-2H3,(H,23,26)(H,24,27). The molecule has 2 N–H and O–H groups in total. The van der Waals surface area contributed by atoms with Gasteiger partial charge in [0.25, 0.3) is 5.91 Å². The van der Waals surface area contributed by atoms with Crippen LogP contribution >= 0.6 is 0 Å². The SMILES string of the molecule is CC(C)C(NC(=O)c1ccco1)C(=O)N1CCC(C(=O)Nc2ccccc2)CC1. The first-order chi connectivity index (χ1) is 14.0. The summed E-state index contributed by atoms with van der Waals surface area (Å²) in [7, 11) is 0. The van der Waals surface area contributed by atoms with Crippen LogP contribution < -0.4 is 10.6 Å². The summed E-state index contributed by atoms with van der Waals surface area (Å²) < 4.78 is 5.11. The van der Waals surface area contributed by atoms with Crippen LogP contribution in [-0.2, 0) is 9.59 Å². The van der Waals surface area contributed by atoms with E-state index in [1.807, 2.05) is 44.2 Å². The normalized spacial score (nSPS) is 15.8. The molecular formula is C22H27N3O4. The summed E-state index contributed by atoms with van der Waals surface area (Å²) in [5, 5.41) is 5.71. The van der Waals surface area contributed by atoms with Crippen LogP contribution in [0.5, 0.6) is 0 Å². The molecule has 7 nitrogen and oxygen atoms in total. The number of hydrogen-bond donors (Lipinski definition) is 2. The molecule has 3 amide bonds. The molecule has 1 unspecified atom stereocenters. The molecule has 29 heavy (non-hydrogen) atoms. The van der Waals surface area contributed by atoms with E-state index in [0.29, 0.717) is 25.9 Å². The molecule has 0 spiro atoms. The monoisotopic (exact) mass is 397 g/mol. The molecule has 154 valence electrons. The molecule has 1 aliphatic heterocycles. The van der Waals surface area contributed by atoms with Crippen LogP contribution in [-0.4, -0.2) is 41.8 Å². The minimum atomic E-state index is -0.637. The Bertz CT molecular complexity index is 825. The van der Waals surface area contributed by atoms with Gasteiger partial charge >= 0.3 is 0 Å². The molecule has 0 radical (unpaired) electrons. The molecule has 0 bridgehead atoms. The number of benzene rings is 1. The summed E-state index contributed by atoms with van der Waals surface area (Å²) in [6.07, 6.45) is 2.62. The van der Waals surface area contributed by atoms with Crippen molar-refractivity contribution >= 4 is 23.4 Å². The van der Waals surface area contributed by atoms with Crippen LogP contribution in [0.2, 0.25) is 0 Å². The molecule has 0 saturated carbocycles. The van der Waals surface area contributed by atoms with Crippen molar-refractivity contribution in [2.24, 2.45) is 11.8 Å². The highest BCUT2D eigenvalue weighted by Crippen LogP contribution is 2.21. The van der Waals surface area contributed by atoms with Crippen molar-refractivity contribution in [3.05, 3.63) is 54.5 Å². The number of para-hydroxylation sites is 1. The number of amides is 3. The van der Waals surface area contributed by atoms with Gasteiger partial charge in [0.1, 0.15) is 6.04 Å². The van der Waals surface area contributed by atoms with E-state index in [9.17, 15) is 14.4 Å². The average molecular weight is 397 g/mol. The molecule has 1 aliphatic rings. The molecule has 1 fully saturated rings. The van der Waals surface area contributed by atoms with E-state index < -0.39 is 11.9 Å². The number of anilines is 1. The second-order valence-electron chi connectivity index (χ2n) is 7.63. The molecule has 1 aromatic heterocycles. The Labute approximate surface area is 170 Å². The van der Waals surface area contributed by atoms with Gasteiger partial charge in [-0.2, -0.15) is 0 Å². The van der Waals surface area contributed by atoms with E-state index in [4.69, 9.17) is 4.42 Å². The third-order valence-corrected chi connectivity index (χ3v) is 5.18. The molecule has 2 heterocycles. The van der Waals surface area contributed by atoms with Gasteiger partial charge in [0.2, 0.25) is 11.8 Å². The van der Waals surface area contributed by atoms with E-state index in [2.05, 4.69) is 10.6 Å². The highest BCUT2D eigenvalue weighted by molar-refractivity contribution is 5.96. The van der Waals surface area contributed by atoms with Crippen LogP contribution in [0.1, 0.15) is 37.2 Å². The third kappa shape index (κ3) is 5.25. The first-order valence-electron chi connectivity index (χ1n) is 9.94. The van der Waals surface area contributed by atoms with Crippen molar-refractivity contribution in [2.45, 2.75) is 32.7 Å². The van der Waals surface area contributed by atoms with Gasteiger partial charge in [-0.3, -0.25) is 14.4 Å². The van der Waals surface area contributed by atoms with Crippen LogP contribution in [0, 0.1) is 11.8 Å². The lowest BCUT2D eigenvalue weighted by molar-refractivity contribution is -0.137. The van der Waals surface area contributed by atoms with E-state index in [-0.39, 0.29) is 29.4 Å². The fourth-order valence-corrected chi connectivity index (χ4v) is 3.46. The summed E-state index contributed by atoms with van der Waals surface area (Å²) in [5.41, 5.74) is 0.775. The smallest absolute Gasteiger partial charge is 0.287 e. The maximum atomic E-state index is 13.0. The van der Waals surface area contributed by atoms with Crippen molar-refractivity contribution in [2.75, 3.05) is 18.4 Å². The van der Waals surface area contributed by atoms with Gasteiger partial charge < -0.3 is 20.0 Å². The van der Waals surface area contributed by atoms with Crippen molar-refractivity contribution in [3.63, 3.8) is 0 Å². The lowest BCUT2D eigenvalue weighted by Gasteiger charge is -2.34. The van der Waals surface area contributed by atoms with Crippen molar-refractivity contribution < 1.29 is 18.8 Å². The van der Waals surface area contributed by atoms with Gasteiger partial charge in [0, 0.05) is 24.7 Å². The zero-order chi connectivity index (χ0) is 20.8. The highest BCUT2D eigenvalue weighted by atomic mass is 16.3. The van der Waals surface area contributed by atoms with E-state index in [1.165, 1.54) is 6.26 Å². The van der Waals surface area contributed by atoms with E-state index in [0.717, 1.165) is 5.69 Å². The summed E-state index contributed by atoms with van der Waals surface area (Å²) in [4.78, 5) is 39.5. The van der Waals surface area contributed by atoms with Crippen LogP contribution in [0.3, 0.4) is 0 Å². The number of nitrogens with zero attached hydrogens (tertiary/aromatic N) is 1. The molecule has 2 aromatic rings. The van der Waals surface area contributed by atoms with Gasteiger partial charge in [0.05, 0.1) is 6.26 Å². The maximum absolute atomic E-state index is 13.0. The second kappa shape index (κ2) is 9.41. The molecule has 3 rings (SSSR count). The van der Waals surface area contributed by atoms with Crippen molar-refractivity contribution in [1.29, 1.82) is 0 Å². The maximum Gasteiger partial charge on any atom is 0.287 e. The van der Waals surface area contributed by atoms with Gasteiger partial charge in [-0.25, -0.2) is 0 Å². The summed E-state index contributed by atoms with van der Waals surface area (Å²) in [6, 6.07) is 11.9. The number of rotatable bonds is 6. The molecular weight excluding hydrogens is 370 g/mol. The Hall–Kier alpha value is -3.09. The van der Waals surface area contributed by atoms with Crippen LogP contribution in [0.25, 0.3) is 0 Å². The Balaban J connectivity index is 1.54. The van der Waals surface area contributed by atoms with Gasteiger partial charge in [-0.05, 0) is 43.0 Å². The molecule has 1 atom stereocenters. The van der Waals surface area contributed by atoms with Crippen LogP contribution in [0.4, 0.5) is 5.69 Å². The first-order valence-corrected chi connectivity index (χ1v) is 9.94. The van der Waals surface area contributed by atoms with E-state index >= 15 is 0 Å².